The molecule has 2 aromatic rings. The summed E-state index contributed by atoms with van der Waals surface area (Å²) >= 11 is 0. The van der Waals surface area contributed by atoms with Gasteiger partial charge in [0.25, 0.3) is 0 Å². The summed E-state index contributed by atoms with van der Waals surface area (Å²) in [7, 11) is 0. The molecule has 0 radical (unpaired) electrons. The number of nitrogens with one attached hydrogen (secondary N) is 1. The summed E-state index contributed by atoms with van der Waals surface area (Å²) < 4.78 is 0. The molecule has 0 saturated carbocycles. The fourth-order valence-corrected chi connectivity index (χ4v) is 5.03. The van der Waals surface area contributed by atoms with Crippen molar-refractivity contribution in [1.82, 2.24) is 9.80 Å². The number of fused-ring (bicyclic) bond motifs is 1. The largest absolute Gasteiger partial charge is 0.326 e. The third-order valence-electron chi connectivity index (χ3n) is 7.00. The van der Waals surface area contributed by atoms with E-state index in [1.807, 2.05) is 38.1 Å². The van der Waals surface area contributed by atoms with Crippen molar-refractivity contribution in [2.75, 3.05) is 11.9 Å². The van der Waals surface area contributed by atoms with Crippen LogP contribution in [0.2, 0.25) is 0 Å². The molecular weight excluding hydrogens is 410 g/mol. The Kier molecular flexibility index (Phi) is 7.49. The Morgan fingerprint density at radius 3 is 2.45 bits per heavy atom. The molecule has 2 heterocycles. The number of carbonyl (C=O) groups is 2. The number of likely N-dealkylation sites (tertiary alicyclic amines) is 1. The average molecular weight is 448 g/mol. The molecule has 0 bridgehead atoms. The molecule has 2 aliphatic heterocycles. The lowest BCUT2D eigenvalue weighted by Crippen LogP contribution is -2.50. The number of piperidine rings is 1. The quantitative estimate of drug-likeness (QED) is 0.678. The fraction of sp³-hybridized carbons (Fsp3) is 0.500. The monoisotopic (exact) mass is 447 g/mol. The summed E-state index contributed by atoms with van der Waals surface area (Å²) in [6.07, 6.45) is 4.87. The van der Waals surface area contributed by atoms with Crippen LogP contribution in [0.1, 0.15) is 63.1 Å². The van der Waals surface area contributed by atoms with Gasteiger partial charge in [0, 0.05) is 37.7 Å². The standard InChI is InChI=1S/C28H37N3O2/c1-20(2)16-27(32)31-19-24-10-5-4-9-23(24)17-26(31)28(33)29-25-13-11-22(12-14-25)18-30-15-7-6-8-21(30)3/h4-5,9-14,20-21,26H,6-8,15-19H2,1-3H3,(H,29,33). The van der Waals surface area contributed by atoms with Crippen LogP contribution in [0.3, 0.4) is 0 Å². The summed E-state index contributed by atoms with van der Waals surface area (Å²) in [5.41, 5.74) is 4.33. The molecule has 1 saturated heterocycles. The summed E-state index contributed by atoms with van der Waals surface area (Å²) in [4.78, 5) is 30.6. The molecule has 0 aromatic heterocycles. The van der Waals surface area contributed by atoms with Crippen molar-refractivity contribution < 1.29 is 9.59 Å². The van der Waals surface area contributed by atoms with Gasteiger partial charge in [-0.2, -0.15) is 0 Å². The van der Waals surface area contributed by atoms with Crippen LogP contribution < -0.4 is 5.32 Å². The van der Waals surface area contributed by atoms with Gasteiger partial charge in [-0.3, -0.25) is 14.5 Å². The third-order valence-corrected chi connectivity index (χ3v) is 7.00. The molecule has 2 aromatic carbocycles. The van der Waals surface area contributed by atoms with Crippen LogP contribution in [0.4, 0.5) is 5.69 Å². The minimum Gasteiger partial charge on any atom is -0.326 e. The Hall–Kier alpha value is -2.66. The molecule has 1 N–H and O–H groups in total. The molecule has 176 valence electrons. The molecular formula is C28H37N3O2. The van der Waals surface area contributed by atoms with Crippen molar-refractivity contribution in [1.29, 1.82) is 0 Å². The van der Waals surface area contributed by atoms with E-state index in [0.29, 0.717) is 25.4 Å². The maximum atomic E-state index is 13.3. The van der Waals surface area contributed by atoms with E-state index >= 15 is 0 Å². The molecule has 2 unspecified atom stereocenters. The molecule has 33 heavy (non-hydrogen) atoms. The van der Waals surface area contributed by atoms with E-state index < -0.39 is 6.04 Å². The van der Waals surface area contributed by atoms with Crippen LogP contribution in [-0.4, -0.2) is 40.2 Å². The van der Waals surface area contributed by atoms with Gasteiger partial charge in [-0.05, 0) is 61.1 Å². The van der Waals surface area contributed by atoms with Crippen molar-refractivity contribution >= 4 is 17.5 Å². The van der Waals surface area contributed by atoms with Gasteiger partial charge in [-0.15, -0.1) is 0 Å². The van der Waals surface area contributed by atoms with Crippen molar-refractivity contribution in [2.45, 2.75) is 78.0 Å². The van der Waals surface area contributed by atoms with Crippen molar-refractivity contribution in [3.63, 3.8) is 0 Å². The van der Waals surface area contributed by atoms with Crippen molar-refractivity contribution in [3.05, 3.63) is 65.2 Å². The van der Waals surface area contributed by atoms with Gasteiger partial charge in [-0.25, -0.2) is 0 Å². The summed E-state index contributed by atoms with van der Waals surface area (Å²) in [5, 5.41) is 3.07. The highest BCUT2D eigenvalue weighted by atomic mass is 16.2. The first-order chi connectivity index (χ1) is 15.9. The lowest BCUT2D eigenvalue weighted by molar-refractivity contribution is -0.140. The number of hydrogen-bond donors (Lipinski definition) is 1. The maximum absolute atomic E-state index is 13.3. The molecule has 1 fully saturated rings. The zero-order valence-electron chi connectivity index (χ0n) is 20.2. The van der Waals surface area contributed by atoms with Gasteiger partial charge in [0.15, 0.2) is 0 Å². The molecule has 0 spiro atoms. The minimum atomic E-state index is -0.486. The zero-order chi connectivity index (χ0) is 23.4. The lowest BCUT2D eigenvalue weighted by Gasteiger charge is -2.36. The van der Waals surface area contributed by atoms with Gasteiger partial charge < -0.3 is 10.2 Å². The average Bonchev–Trinajstić information content (AvgIpc) is 2.80. The van der Waals surface area contributed by atoms with Crippen LogP contribution in [0.25, 0.3) is 0 Å². The Morgan fingerprint density at radius 1 is 1.03 bits per heavy atom. The third kappa shape index (κ3) is 5.83. The summed E-state index contributed by atoms with van der Waals surface area (Å²) in [6, 6.07) is 16.4. The number of rotatable bonds is 6. The molecule has 2 amide bonds. The number of carbonyl (C=O) groups excluding carboxylic acids is 2. The molecule has 4 rings (SSSR count). The second-order valence-electron chi connectivity index (χ2n) is 10.1. The first-order valence-corrected chi connectivity index (χ1v) is 12.4. The SMILES string of the molecule is CC(C)CC(=O)N1Cc2ccccc2CC1C(=O)Nc1ccc(CN2CCCCC2C)cc1. The zero-order valence-corrected chi connectivity index (χ0v) is 20.2. The lowest BCUT2D eigenvalue weighted by atomic mass is 9.92. The van der Waals surface area contributed by atoms with Gasteiger partial charge in [-0.1, -0.05) is 56.7 Å². The van der Waals surface area contributed by atoms with Crippen molar-refractivity contribution in [2.24, 2.45) is 5.92 Å². The van der Waals surface area contributed by atoms with Gasteiger partial charge >= 0.3 is 0 Å². The van der Waals surface area contributed by atoms with E-state index in [0.717, 1.165) is 29.9 Å². The topological polar surface area (TPSA) is 52.7 Å². The highest BCUT2D eigenvalue weighted by molar-refractivity contribution is 5.97. The van der Waals surface area contributed by atoms with E-state index in [9.17, 15) is 9.59 Å². The second kappa shape index (κ2) is 10.5. The summed E-state index contributed by atoms with van der Waals surface area (Å²) in [6.45, 7) is 8.98. The molecule has 5 nitrogen and oxygen atoms in total. The van der Waals surface area contributed by atoms with E-state index in [1.54, 1.807) is 4.90 Å². The van der Waals surface area contributed by atoms with Crippen LogP contribution in [0.5, 0.6) is 0 Å². The molecule has 2 aliphatic rings. The number of hydrogen-bond acceptors (Lipinski definition) is 3. The van der Waals surface area contributed by atoms with E-state index in [1.165, 1.54) is 24.8 Å². The number of nitrogens with zero attached hydrogens (tertiary/aromatic N) is 2. The van der Waals surface area contributed by atoms with Crippen LogP contribution in [-0.2, 0) is 29.1 Å². The van der Waals surface area contributed by atoms with E-state index in [4.69, 9.17) is 0 Å². The van der Waals surface area contributed by atoms with Crippen molar-refractivity contribution in [3.8, 4) is 0 Å². The Labute approximate surface area is 198 Å². The number of anilines is 1. The van der Waals surface area contributed by atoms with Crippen LogP contribution >= 0.6 is 0 Å². The van der Waals surface area contributed by atoms with E-state index in [-0.39, 0.29) is 17.7 Å². The van der Waals surface area contributed by atoms with Crippen LogP contribution in [0, 0.1) is 5.92 Å². The van der Waals surface area contributed by atoms with Gasteiger partial charge in [0.05, 0.1) is 0 Å². The predicted molar refractivity (Wildman–Crippen MR) is 133 cm³/mol. The Balaban J connectivity index is 1.44. The second-order valence-corrected chi connectivity index (χ2v) is 10.1. The number of benzene rings is 2. The fourth-order valence-electron chi connectivity index (χ4n) is 5.03. The normalized spacial score (nSPS) is 21.0. The molecule has 5 heteroatoms. The first-order valence-electron chi connectivity index (χ1n) is 12.4. The Bertz CT molecular complexity index is 969. The Morgan fingerprint density at radius 2 is 1.76 bits per heavy atom. The minimum absolute atomic E-state index is 0.0469. The van der Waals surface area contributed by atoms with Crippen LogP contribution in [0.15, 0.2) is 48.5 Å². The smallest absolute Gasteiger partial charge is 0.247 e. The van der Waals surface area contributed by atoms with E-state index in [2.05, 4.69) is 41.4 Å². The molecule has 0 aliphatic carbocycles. The van der Waals surface area contributed by atoms with Gasteiger partial charge in [0.1, 0.15) is 6.04 Å². The molecule has 2 atom stereocenters. The number of amides is 2. The first kappa shape index (κ1) is 23.5. The van der Waals surface area contributed by atoms with Gasteiger partial charge in [0.2, 0.25) is 11.8 Å². The predicted octanol–water partition coefficient (Wildman–Crippen LogP) is 5.00. The highest BCUT2D eigenvalue weighted by Gasteiger charge is 2.34. The maximum Gasteiger partial charge on any atom is 0.247 e. The summed E-state index contributed by atoms with van der Waals surface area (Å²) in [5.74, 6) is 0.193. The highest BCUT2D eigenvalue weighted by Crippen LogP contribution is 2.26.